The second-order valence-corrected chi connectivity index (χ2v) is 4.64. The molecule has 2 aliphatic rings. The molecule has 0 amide bonds. The first kappa shape index (κ1) is 11.7. The number of morpholine rings is 1. The number of amidine groups is 1. The third kappa shape index (κ3) is 2.65. The van der Waals surface area contributed by atoms with Gasteiger partial charge >= 0.3 is 0 Å². The molecule has 1 heterocycles. The Kier molecular flexibility index (Phi) is 4.01. The topological polar surface area (TPSA) is 71.1 Å². The van der Waals surface area contributed by atoms with Gasteiger partial charge < -0.3 is 15.7 Å². The maximum absolute atomic E-state index is 8.52. The van der Waals surface area contributed by atoms with E-state index in [0.717, 1.165) is 19.7 Å². The van der Waals surface area contributed by atoms with Gasteiger partial charge in [-0.2, -0.15) is 0 Å². The molecule has 1 saturated carbocycles. The summed E-state index contributed by atoms with van der Waals surface area (Å²) in [7, 11) is 0. The summed E-state index contributed by atoms with van der Waals surface area (Å²) in [6.45, 7) is 2.66. The van der Waals surface area contributed by atoms with E-state index < -0.39 is 0 Å². The largest absolute Gasteiger partial charge is 0.409 e. The summed E-state index contributed by atoms with van der Waals surface area (Å²) in [6, 6.07) is 0.550. The quantitative estimate of drug-likeness (QED) is 0.323. The average molecular weight is 227 g/mol. The molecule has 1 aliphatic carbocycles. The third-order valence-corrected chi connectivity index (χ3v) is 3.63. The first-order chi connectivity index (χ1) is 7.81. The maximum Gasteiger partial charge on any atom is 0.140 e. The van der Waals surface area contributed by atoms with Gasteiger partial charge in [-0.1, -0.05) is 18.0 Å². The molecular formula is C11H21N3O2. The van der Waals surface area contributed by atoms with E-state index in [-0.39, 0.29) is 0 Å². The maximum atomic E-state index is 8.52. The van der Waals surface area contributed by atoms with Crippen molar-refractivity contribution in [2.45, 2.75) is 44.2 Å². The van der Waals surface area contributed by atoms with Crippen LogP contribution in [-0.4, -0.2) is 47.8 Å². The fraction of sp³-hybridized carbons (Fsp3) is 0.909. The molecule has 2 rings (SSSR count). The van der Waals surface area contributed by atoms with Gasteiger partial charge in [-0.3, -0.25) is 4.90 Å². The standard InChI is InChI=1S/C11H21N3O2/c12-11(13-15)5-6-14-7-8-16-10-4-2-1-3-9(10)14/h9-10,15H,1-8H2,(H2,12,13). The summed E-state index contributed by atoms with van der Waals surface area (Å²) in [6.07, 6.45) is 6.04. The van der Waals surface area contributed by atoms with Crippen LogP contribution in [0, 0.1) is 0 Å². The zero-order chi connectivity index (χ0) is 11.4. The Morgan fingerprint density at radius 2 is 2.25 bits per heavy atom. The van der Waals surface area contributed by atoms with Crippen molar-refractivity contribution in [2.75, 3.05) is 19.7 Å². The second kappa shape index (κ2) is 5.50. The Morgan fingerprint density at radius 3 is 3.06 bits per heavy atom. The minimum Gasteiger partial charge on any atom is -0.409 e. The highest BCUT2D eigenvalue weighted by molar-refractivity contribution is 5.79. The van der Waals surface area contributed by atoms with E-state index in [1.165, 1.54) is 25.7 Å². The van der Waals surface area contributed by atoms with Crippen LogP contribution < -0.4 is 5.73 Å². The highest BCUT2D eigenvalue weighted by Crippen LogP contribution is 2.28. The van der Waals surface area contributed by atoms with Gasteiger partial charge in [0, 0.05) is 25.6 Å². The monoisotopic (exact) mass is 227 g/mol. The molecule has 2 unspecified atom stereocenters. The van der Waals surface area contributed by atoms with Crippen LogP contribution in [0.5, 0.6) is 0 Å². The van der Waals surface area contributed by atoms with Crippen molar-refractivity contribution in [1.82, 2.24) is 4.90 Å². The summed E-state index contributed by atoms with van der Waals surface area (Å²) in [5.74, 6) is 0.318. The minimum absolute atomic E-state index is 0.318. The number of oxime groups is 1. The van der Waals surface area contributed by atoms with Crippen LogP contribution >= 0.6 is 0 Å². The van der Waals surface area contributed by atoms with Crippen LogP contribution in [0.4, 0.5) is 0 Å². The van der Waals surface area contributed by atoms with E-state index in [4.69, 9.17) is 15.7 Å². The first-order valence-corrected chi connectivity index (χ1v) is 6.13. The van der Waals surface area contributed by atoms with Crippen molar-refractivity contribution in [2.24, 2.45) is 10.9 Å². The Balaban J connectivity index is 1.87. The fourth-order valence-electron chi connectivity index (χ4n) is 2.76. The Hall–Kier alpha value is -0.810. The molecule has 92 valence electrons. The fourth-order valence-corrected chi connectivity index (χ4v) is 2.76. The molecule has 0 bridgehead atoms. The second-order valence-electron chi connectivity index (χ2n) is 4.64. The average Bonchev–Trinajstić information content (AvgIpc) is 2.35. The van der Waals surface area contributed by atoms with Crippen molar-refractivity contribution in [1.29, 1.82) is 0 Å². The zero-order valence-electron chi connectivity index (χ0n) is 9.64. The lowest BCUT2D eigenvalue weighted by atomic mass is 9.90. The molecule has 5 heteroatoms. The summed E-state index contributed by atoms with van der Waals surface area (Å²) >= 11 is 0. The molecule has 5 nitrogen and oxygen atoms in total. The van der Waals surface area contributed by atoms with Gasteiger partial charge in [0.15, 0.2) is 0 Å². The molecule has 2 atom stereocenters. The predicted molar refractivity (Wildman–Crippen MR) is 61.6 cm³/mol. The molecule has 0 spiro atoms. The Bertz CT molecular complexity index is 256. The van der Waals surface area contributed by atoms with Crippen molar-refractivity contribution in [3.05, 3.63) is 0 Å². The van der Waals surface area contributed by atoms with Gasteiger partial charge in [0.1, 0.15) is 5.84 Å². The lowest BCUT2D eigenvalue weighted by Crippen LogP contribution is -2.53. The van der Waals surface area contributed by atoms with Crippen LogP contribution in [0.15, 0.2) is 5.16 Å². The molecule has 0 aromatic rings. The van der Waals surface area contributed by atoms with E-state index in [2.05, 4.69) is 10.1 Å². The van der Waals surface area contributed by atoms with Crippen LogP contribution in [0.1, 0.15) is 32.1 Å². The van der Waals surface area contributed by atoms with Crippen molar-refractivity contribution in [3.63, 3.8) is 0 Å². The van der Waals surface area contributed by atoms with Crippen LogP contribution in [0.25, 0.3) is 0 Å². The molecule has 0 aromatic carbocycles. The molecule has 1 aliphatic heterocycles. The number of nitrogens with zero attached hydrogens (tertiary/aromatic N) is 2. The van der Waals surface area contributed by atoms with Gasteiger partial charge in [-0.05, 0) is 12.8 Å². The van der Waals surface area contributed by atoms with Crippen molar-refractivity contribution in [3.8, 4) is 0 Å². The van der Waals surface area contributed by atoms with Crippen molar-refractivity contribution >= 4 is 5.84 Å². The van der Waals surface area contributed by atoms with Gasteiger partial charge in [0.05, 0.1) is 12.7 Å². The first-order valence-electron chi connectivity index (χ1n) is 6.13. The van der Waals surface area contributed by atoms with Crippen LogP contribution in [0.2, 0.25) is 0 Å². The Labute approximate surface area is 96.2 Å². The Morgan fingerprint density at radius 1 is 1.44 bits per heavy atom. The number of hydrogen-bond acceptors (Lipinski definition) is 4. The summed E-state index contributed by atoms with van der Waals surface area (Å²) in [5.41, 5.74) is 5.50. The number of rotatable bonds is 3. The van der Waals surface area contributed by atoms with Crippen LogP contribution in [-0.2, 0) is 4.74 Å². The third-order valence-electron chi connectivity index (χ3n) is 3.63. The molecular weight excluding hydrogens is 206 g/mol. The highest BCUT2D eigenvalue weighted by Gasteiger charge is 2.33. The van der Waals surface area contributed by atoms with Crippen LogP contribution in [0.3, 0.4) is 0 Å². The number of hydrogen-bond donors (Lipinski definition) is 2. The predicted octanol–water partition coefficient (Wildman–Crippen LogP) is 0.766. The number of nitrogens with two attached hydrogens (primary N) is 1. The van der Waals surface area contributed by atoms with Gasteiger partial charge in [-0.25, -0.2) is 0 Å². The van der Waals surface area contributed by atoms with Gasteiger partial charge in [-0.15, -0.1) is 0 Å². The minimum atomic E-state index is 0.318. The molecule has 16 heavy (non-hydrogen) atoms. The SMILES string of the molecule is NC(CCN1CCOC2CCCCC21)=NO. The molecule has 3 N–H and O–H groups in total. The molecule has 0 aromatic heterocycles. The van der Waals surface area contributed by atoms with E-state index in [1.54, 1.807) is 0 Å². The normalized spacial score (nSPS) is 32.4. The lowest BCUT2D eigenvalue weighted by Gasteiger charge is -2.43. The van der Waals surface area contributed by atoms with Gasteiger partial charge in [0.2, 0.25) is 0 Å². The van der Waals surface area contributed by atoms with Crippen molar-refractivity contribution < 1.29 is 9.94 Å². The molecule has 1 saturated heterocycles. The van der Waals surface area contributed by atoms with E-state index in [0.29, 0.717) is 24.4 Å². The number of ether oxygens (including phenoxy) is 1. The summed E-state index contributed by atoms with van der Waals surface area (Å²) in [5, 5.41) is 11.5. The molecule has 0 radical (unpaired) electrons. The smallest absolute Gasteiger partial charge is 0.140 e. The lowest BCUT2D eigenvalue weighted by molar-refractivity contribution is -0.0871. The number of fused-ring (bicyclic) bond motifs is 1. The van der Waals surface area contributed by atoms with Gasteiger partial charge in [0.25, 0.3) is 0 Å². The highest BCUT2D eigenvalue weighted by atomic mass is 16.5. The zero-order valence-corrected chi connectivity index (χ0v) is 9.64. The van der Waals surface area contributed by atoms with E-state index in [9.17, 15) is 0 Å². The summed E-state index contributed by atoms with van der Waals surface area (Å²) in [4.78, 5) is 2.44. The molecule has 2 fully saturated rings. The summed E-state index contributed by atoms with van der Waals surface area (Å²) < 4.78 is 5.79. The van der Waals surface area contributed by atoms with E-state index in [1.807, 2.05) is 0 Å². The van der Waals surface area contributed by atoms with E-state index >= 15 is 0 Å².